The van der Waals surface area contributed by atoms with Crippen molar-refractivity contribution in [2.75, 3.05) is 0 Å². The summed E-state index contributed by atoms with van der Waals surface area (Å²) in [5.41, 5.74) is -0.232. The number of aliphatic carboxylic acids is 1. The van der Waals surface area contributed by atoms with Crippen molar-refractivity contribution in [1.82, 2.24) is 0 Å². The topological polar surface area (TPSA) is 37.3 Å². The zero-order chi connectivity index (χ0) is 13.5. The fourth-order valence-corrected chi connectivity index (χ4v) is 2.96. The minimum Gasteiger partial charge on any atom is -0.478 e. The number of alkyl halides is 3. The molecule has 1 aliphatic rings. The average Bonchev–Trinajstić information content (AvgIpc) is 2.25. The van der Waals surface area contributed by atoms with Crippen molar-refractivity contribution in [2.24, 2.45) is 0 Å². The fourth-order valence-electron chi connectivity index (χ4n) is 1.58. The van der Waals surface area contributed by atoms with E-state index in [1.54, 1.807) is 0 Å². The molecular formula is C11H6ClF3O2S. The third kappa shape index (κ3) is 2.49. The Labute approximate surface area is 109 Å². The number of halogens is 4. The van der Waals surface area contributed by atoms with Crippen molar-refractivity contribution in [3.05, 3.63) is 34.4 Å². The number of carbonyl (C=O) groups is 1. The summed E-state index contributed by atoms with van der Waals surface area (Å²) in [5, 5.41) is 7.09. The maximum absolute atomic E-state index is 12.8. The van der Waals surface area contributed by atoms with Crippen LogP contribution in [0.1, 0.15) is 5.56 Å². The third-order valence-corrected chi connectivity index (χ3v) is 3.96. The van der Waals surface area contributed by atoms with Gasteiger partial charge < -0.3 is 5.11 Å². The van der Waals surface area contributed by atoms with Crippen molar-refractivity contribution in [2.45, 2.75) is 16.3 Å². The highest BCUT2D eigenvalue weighted by Crippen LogP contribution is 2.45. The summed E-state index contributed by atoms with van der Waals surface area (Å²) in [6.45, 7) is 0. The van der Waals surface area contributed by atoms with Gasteiger partial charge in [-0.15, -0.1) is 11.8 Å². The van der Waals surface area contributed by atoms with Gasteiger partial charge in [0.2, 0.25) is 0 Å². The van der Waals surface area contributed by atoms with Gasteiger partial charge in [-0.05, 0) is 23.8 Å². The minimum atomic E-state index is -4.62. The molecule has 2 rings (SSSR count). The monoisotopic (exact) mass is 294 g/mol. The first kappa shape index (κ1) is 13.3. The van der Waals surface area contributed by atoms with Gasteiger partial charge in [0.15, 0.2) is 0 Å². The molecule has 1 aliphatic heterocycles. The van der Waals surface area contributed by atoms with Crippen LogP contribution in [0, 0.1) is 0 Å². The van der Waals surface area contributed by atoms with Gasteiger partial charge in [0, 0.05) is 9.92 Å². The van der Waals surface area contributed by atoms with E-state index >= 15 is 0 Å². The van der Waals surface area contributed by atoms with E-state index in [4.69, 9.17) is 16.7 Å². The van der Waals surface area contributed by atoms with E-state index in [9.17, 15) is 18.0 Å². The number of carboxylic acid groups (broad SMARTS) is 1. The van der Waals surface area contributed by atoms with E-state index < -0.39 is 23.0 Å². The first-order valence-corrected chi connectivity index (χ1v) is 6.02. The average molecular weight is 295 g/mol. The number of hydrogen-bond donors (Lipinski definition) is 1. The molecule has 0 amide bonds. The molecule has 96 valence electrons. The number of hydrogen-bond acceptors (Lipinski definition) is 2. The van der Waals surface area contributed by atoms with Gasteiger partial charge in [-0.25, -0.2) is 4.79 Å². The van der Waals surface area contributed by atoms with Crippen LogP contribution in [0.2, 0.25) is 5.02 Å². The standard InChI is InChI=1S/C11H6ClF3O2S/c12-6-2-1-5-3-7(10(16)17)9(11(13,14)15)18-8(5)4-6/h1-4,9H,(H,16,17). The minimum absolute atomic E-state index is 0.314. The summed E-state index contributed by atoms with van der Waals surface area (Å²) in [6, 6.07) is 4.40. The van der Waals surface area contributed by atoms with Crippen LogP contribution in [-0.2, 0) is 4.79 Å². The van der Waals surface area contributed by atoms with Crippen molar-refractivity contribution in [3.63, 3.8) is 0 Å². The van der Waals surface area contributed by atoms with Crippen molar-refractivity contribution in [3.8, 4) is 0 Å². The Morgan fingerprint density at radius 3 is 2.61 bits per heavy atom. The Balaban J connectivity index is 2.53. The van der Waals surface area contributed by atoms with E-state index in [1.165, 1.54) is 18.2 Å². The highest BCUT2D eigenvalue weighted by Gasteiger charge is 2.46. The molecule has 0 bridgehead atoms. The fraction of sp³-hybridized carbons (Fsp3) is 0.182. The summed E-state index contributed by atoms with van der Waals surface area (Å²) in [7, 11) is 0. The molecule has 0 saturated carbocycles. The van der Waals surface area contributed by atoms with Crippen LogP contribution in [0.5, 0.6) is 0 Å². The first-order valence-electron chi connectivity index (χ1n) is 4.77. The van der Waals surface area contributed by atoms with Gasteiger partial charge in [0.05, 0.1) is 5.57 Å². The molecule has 1 heterocycles. The Hall–Kier alpha value is -1.14. The van der Waals surface area contributed by atoms with E-state index in [0.29, 0.717) is 27.2 Å². The summed E-state index contributed by atoms with van der Waals surface area (Å²) < 4.78 is 38.4. The molecule has 1 unspecified atom stereocenters. The Morgan fingerprint density at radius 1 is 1.39 bits per heavy atom. The van der Waals surface area contributed by atoms with Crippen LogP contribution >= 0.6 is 23.4 Å². The summed E-state index contributed by atoms with van der Waals surface area (Å²) in [6.07, 6.45) is -3.57. The SMILES string of the molecule is O=C(O)C1=Cc2ccc(Cl)cc2SC1C(F)(F)F. The Morgan fingerprint density at radius 2 is 2.06 bits per heavy atom. The van der Waals surface area contributed by atoms with Crippen LogP contribution < -0.4 is 0 Å². The highest BCUT2D eigenvalue weighted by molar-refractivity contribution is 8.00. The van der Waals surface area contributed by atoms with E-state index in [-0.39, 0.29) is 0 Å². The molecule has 1 aromatic rings. The van der Waals surface area contributed by atoms with Crippen LogP contribution in [0.25, 0.3) is 6.08 Å². The zero-order valence-electron chi connectivity index (χ0n) is 8.66. The Bertz CT molecular complexity index is 540. The van der Waals surface area contributed by atoms with E-state index in [0.717, 1.165) is 6.08 Å². The van der Waals surface area contributed by atoms with Crippen LogP contribution in [0.3, 0.4) is 0 Å². The first-order chi connectivity index (χ1) is 8.29. The van der Waals surface area contributed by atoms with Crippen molar-refractivity contribution >= 4 is 35.4 Å². The summed E-state index contributed by atoms with van der Waals surface area (Å²) in [4.78, 5) is 11.2. The number of rotatable bonds is 1. The van der Waals surface area contributed by atoms with Crippen LogP contribution in [-0.4, -0.2) is 22.5 Å². The van der Waals surface area contributed by atoms with Crippen molar-refractivity contribution < 1.29 is 23.1 Å². The smallest absolute Gasteiger partial charge is 0.405 e. The molecule has 1 aromatic carbocycles. The summed E-state index contributed by atoms with van der Waals surface area (Å²) in [5.74, 6) is -1.56. The molecule has 0 aliphatic carbocycles. The lowest BCUT2D eigenvalue weighted by atomic mass is 10.1. The molecule has 1 N–H and O–H groups in total. The number of carboxylic acids is 1. The van der Waals surface area contributed by atoms with Gasteiger partial charge >= 0.3 is 12.1 Å². The van der Waals surface area contributed by atoms with E-state index in [2.05, 4.69) is 0 Å². The molecule has 2 nitrogen and oxygen atoms in total. The van der Waals surface area contributed by atoms with Gasteiger partial charge in [-0.3, -0.25) is 0 Å². The molecule has 0 spiro atoms. The Kier molecular flexibility index (Phi) is 3.33. The predicted molar refractivity (Wildman–Crippen MR) is 62.8 cm³/mol. The second-order valence-electron chi connectivity index (χ2n) is 3.63. The predicted octanol–water partition coefficient (Wildman–Crippen LogP) is 3.84. The molecule has 0 saturated heterocycles. The van der Waals surface area contributed by atoms with Crippen LogP contribution in [0.4, 0.5) is 13.2 Å². The normalized spacial score (nSPS) is 19.1. The summed E-state index contributed by atoms with van der Waals surface area (Å²) >= 11 is 6.16. The lowest BCUT2D eigenvalue weighted by Gasteiger charge is -2.25. The lowest BCUT2D eigenvalue weighted by molar-refractivity contribution is -0.140. The quantitative estimate of drug-likeness (QED) is 0.855. The highest BCUT2D eigenvalue weighted by atomic mass is 35.5. The second kappa shape index (κ2) is 4.51. The van der Waals surface area contributed by atoms with E-state index in [1.807, 2.05) is 0 Å². The molecule has 7 heteroatoms. The molecule has 1 atom stereocenters. The van der Waals surface area contributed by atoms with Gasteiger partial charge in [-0.1, -0.05) is 17.7 Å². The van der Waals surface area contributed by atoms with Gasteiger partial charge in [0.1, 0.15) is 5.25 Å². The maximum Gasteiger partial charge on any atom is 0.405 e. The maximum atomic E-state index is 12.8. The number of thioether (sulfide) groups is 1. The third-order valence-electron chi connectivity index (χ3n) is 2.36. The lowest BCUT2D eigenvalue weighted by Crippen LogP contribution is -2.32. The molecule has 0 aromatic heterocycles. The molecule has 18 heavy (non-hydrogen) atoms. The largest absolute Gasteiger partial charge is 0.478 e. The molecule has 0 radical (unpaired) electrons. The van der Waals surface area contributed by atoms with Crippen LogP contribution in [0.15, 0.2) is 28.7 Å². The zero-order valence-corrected chi connectivity index (χ0v) is 10.2. The van der Waals surface area contributed by atoms with Gasteiger partial charge in [0.25, 0.3) is 0 Å². The molecule has 0 fully saturated rings. The van der Waals surface area contributed by atoms with Crippen molar-refractivity contribution in [1.29, 1.82) is 0 Å². The van der Waals surface area contributed by atoms with Gasteiger partial charge in [-0.2, -0.15) is 13.2 Å². The number of fused-ring (bicyclic) bond motifs is 1. The second-order valence-corrected chi connectivity index (χ2v) is 5.21. The molecular weight excluding hydrogens is 289 g/mol. The number of benzene rings is 1.